The number of imidazole rings is 1. The summed E-state index contributed by atoms with van der Waals surface area (Å²) in [5.41, 5.74) is 7.70. The fourth-order valence-corrected chi connectivity index (χ4v) is 3.56. The first-order chi connectivity index (χ1) is 9.08. The summed E-state index contributed by atoms with van der Waals surface area (Å²) in [5.74, 6) is 0.458. The Kier molecular flexibility index (Phi) is 3.17. The molecule has 3 aromatic rings. The molecule has 3 nitrogen and oxygen atoms in total. The summed E-state index contributed by atoms with van der Waals surface area (Å²) < 4.78 is 2.70. The van der Waals surface area contributed by atoms with Gasteiger partial charge in [0, 0.05) is 4.88 Å². The van der Waals surface area contributed by atoms with Crippen LogP contribution in [-0.2, 0) is 0 Å². The first-order valence-electron chi connectivity index (χ1n) is 5.75. The summed E-state index contributed by atoms with van der Waals surface area (Å²) in [5, 5.41) is 0.649. The van der Waals surface area contributed by atoms with E-state index in [2.05, 4.69) is 11.9 Å². The average Bonchev–Trinajstić information content (AvgIpc) is 2.92. The van der Waals surface area contributed by atoms with Crippen LogP contribution in [0, 0.1) is 0 Å². The minimum atomic E-state index is 0.0439. The van der Waals surface area contributed by atoms with Gasteiger partial charge in [-0.05, 0) is 31.2 Å². The van der Waals surface area contributed by atoms with Gasteiger partial charge in [0.05, 0.1) is 26.4 Å². The van der Waals surface area contributed by atoms with Crippen molar-refractivity contribution in [1.29, 1.82) is 0 Å². The lowest BCUT2D eigenvalue weighted by Gasteiger charge is -2.15. The van der Waals surface area contributed by atoms with Crippen molar-refractivity contribution in [3.8, 4) is 0 Å². The van der Waals surface area contributed by atoms with Gasteiger partial charge >= 0.3 is 0 Å². The molecule has 0 aliphatic heterocycles. The van der Waals surface area contributed by atoms with Gasteiger partial charge < -0.3 is 10.3 Å². The standard InChI is InChI=1S/C13H11Cl2N3S/c1-7(10-5-6-11(15)19-10)18-12-8(14)3-2-4-9(12)17-13(18)16/h2-7H,1H3,(H2,16,17). The second-order valence-electron chi connectivity index (χ2n) is 4.27. The van der Waals surface area contributed by atoms with Gasteiger partial charge in [-0.25, -0.2) is 4.98 Å². The summed E-state index contributed by atoms with van der Waals surface area (Å²) in [4.78, 5) is 5.48. The van der Waals surface area contributed by atoms with E-state index in [0.717, 1.165) is 20.2 Å². The lowest BCUT2D eigenvalue weighted by Crippen LogP contribution is -2.09. The van der Waals surface area contributed by atoms with Gasteiger partial charge in [-0.2, -0.15) is 0 Å². The van der Waals surface area contributed by atoms with Crippen molar-refractivity contribution in [1.82, 2.24) is 9.55 Å². The summed E-state index contributed by atoms with van der Waals surface area (Å²) in [6.45, 7) is 2.06. The first-order valence-corrected chi connectivity index (χ1v) is 7.32. The van der Waals surface area contributed by atoms with Crippen LogP contribution in [0.25, 0.3) is 11.0 Å². The Morgan fingerprint density at radius 3 is 2.74 bits per heavy atom. The predicted octanol–water partition coefficient (Wildman–Crippen LogP) is 4.60. The Labute approximate surface area is 124 Å². The van der Waals surface area contributed by atoms with E-state index >= 15 is 0 Å². The molecule has 2 heterocycles. The number of para-hydroxylation sites is 1. The van der Waals surface area contributed by atoms with Gasteiger partial charge in [-0.1, -0.05) is 29.3 Å². The minimum absolute atomic E-state index is 0.0439. The molecule has 3 rings (SSSR count). The first kappa shape index (κ1) is 12.8. The third-order valence-electron chi connectivity index (χ3n) is 3.08. The van der Waals surface area contributed by atoms with Crippen LogP contribution in [0.5, 0.6) is 0 Å². The number of anilines is 1. The van der Waals surface area contributed by atoms with E-state index < -0.39 is 0 Å². The number of hydrogen-bond acceptors (Lipinski definition) is 3. The van der Waals surface area contributed by atoms with Crippen molar-refractivity contribution in [2.24, 2.45) is 0 Å². The molecule has 0 amide bonds. The lowest BCUT2D eigenvalue weighted by atomic mass is 10.2. The van der Waals surface area contributed by atoms with Crippen LogP contribution >= 0.6 is 34.5 Å². The number of rotatable bonds is 2. The number of nitrogens with zero attached hydrogens (tertiary/aromatic N) is 2. The summed E-state index contributed by atoms with van der Waals surface area (Å²) in [7, 11) is 0. The van der Waals surface area contributed by atoms with Crippen LogP contribution in [0.3, 0.4) is 0 Å². The Hall–Kier alpha value is -1.23. The molecular formula is C13H11Cl2N3S. The van der Waals surface area contributed by atoms with Crippen molar-refractivity contribution >= 4 is 51.5 Å². The lowest BCUT2D eigenvalue weighted by molar-refractivity contribution is 0.680. The van der Waals surface area contributed by atoms with Crippen LogP contribution in [0.1, 0.15) is 17.8 Å². The van der Waals surface area contributed by atoms with Crippen molar-refractivity contribution in [2.75, 3.05) is 5.73 Å². The van der Waals surface area contributed by atoms with Crippen molar-refractivity contribution in [3.05, 3.63) is 44.6 Å². The van der Waals surface area contributed by atoms with Crippen LogP contribution in [0.4, 0.5) is 5.95 Å². The number of fused-ring (bicyclic) bond motifs is 1. The fraction of sp³-hybridized carbons (Fsp3) is 0.154. The van der Waals surface area contributed by atoms with Crippen LogP contribution in [-0.4, -0.2) is 9.55 Å². The smallest absolute Gasteiger partial charge is 0.201 e. The maximum Gasteiger partial charge on any atom is 0.201 e. The zero-order valence-corrected chi connectivity index (χ0v) is 12.4. The quantitative estimate of drug-likeness (QED) is 0.752. The van der Waals surface area contributed by atoms with E-state index in [-0.39, 0.29) is 6.04 Å². The number of halogens is 2. The number of nitrogens with two attached hydrogens (primary N) is 1. The minimum Gasteiger partial charge on any atom is -0.369 e. The normalized spacial score (nSPS) is 13.0. The van der Waals surface area contributed by atoms with Crippen LogP contribution in [0.15, 0.2) is 30.3 Å². The maximum absolute atomic E-state index is 6.27. The predicted molar refractivity (Wildman–Crippen MR) is 82.3 cm³/mol. The van der Waals surface area contributed by atoms with E-state index in [9.17, 15) is 0 Å². The van der Waals surface area contributed by atoms with Crippen molar-refractivity contribution < 1.29 is 0 Å². The number of hydrogen-bond donors (Lipinski definition) is 1. The highest BCUT2D eigenvalue weighted by atomic mass is 35.5. The molecule has 0 aliphatic rings. The van der Waals surface area contributed by atoms with Crippen LogP contribution in [0.2, 0.25) is 9.36 Å². The molecule has 0 bridgehead atoms. The number of nitrogen functional groups attached to an aromatic ring is 1. The molecule has 0 spiro atoms. The number of aromatic nitrogens is 2. The second-order valence-corrected chi connectivity index (χ2v) is 6.42. The maximum atomic E-state index is 6.27. The number of thiophene rings is 1. The third kappa shape index (κ3) is 2.10. The summed E-state index contributed by atoms with van der Waals surface area (Å²) in [6, 6.07) is 9.54. The van der Waals surface area contributed by atoms with Gasteiger partial charge in [0.1, 0.15) is 0 Å². The molecule has 98 valence electrons. The van der Waals surface area contributed by atoms with Crippen LogP contribution < -0.4 is 5.73 Å². The number of benzene rings is 1. The third-order valence-corrected chi connectivity index (χ3v) is 4.79. The van der Waals surface area contributed by atoms with E-state index in [0.29, 0.717) is 11.0 Å². The second kappa shape index (κ2) is 4.71. The molecule has 1 aromatic carbocycles. The van der Waals surface area contributed by atoms with E-state index in [1.165, 1.54) is 11.3 Å². The largest absolute Gasteiger partial charge is 0.369 e. The monoisotopic (exact) mass is 311 g/mol. The molecule has 0 radical (unpaired) electrons. The van der Waals surface area contributed by atoms with E-state index in [4.69, 9.17) is 28.9 Å². The highest BCUT2D eigenvalue weighted by molar-refractivity contribution is 7.16. The Morgan fingerprint density at radius 1 is 1.26 bits per heavy atom. The molecule has 1 atom stereocenters. The molecule has 2 N–H and O–H groups in total. The zero-order chi connectivity index (χ0) is 13.6. The van der Waals surface area contributed by atoms with Gasteiger partial charge in [0.15, 0.2) is 0 Å². The highest BCUT2D eigenvalue weighted by Gasteiger charge is 2.18. The molecule has 1 unspecified atom stereocenters. The summed E-state index contributed by atoms with van der Waals surface area (Å²) >= 11 is 13.8. The van der Waals surface area contributed by atoms with E-state index in [1.807, 2.05) is 34.9 Å². The Balaban J connectivity index is 2.22. The Morgan fingerprint density at radius 2 is 2.05 bits per heavy atom. The van der Waals surface area contributed by atoms with Gasteiger partial charge in [-0.15, -0.1) is 11.3 Å². The molecule has 0 saturated heterocycles. The van der Waals surface area contributed by atoms with Gasteiger partial charge in [0.25, 0.3) is 0 Å². The van der Waals surface area contributed by atoms with Gasteiger partial charge in [-0.3, -0.25) is 0 Å². The molecule has 19 heavy (non-hydrogen) atoms. The zero-order valence-electron chi connectivity index (χ0n) is 10.1. The van der Waals surface area contributed by atoms with E-state index in [1.54, 1.807) is 0 Å². The fourth-order valence-electron chi connectivity index (χ4n) is 2.20. The average molecular weight is 312 g/mol. The van der Waals surface area contributed by atoms with Gasteiger partial charge in [0.2, 0.25) is 5.95 Å². The van der Waals surface area contributed by atoms with Crippen molar-refractivity contribution in [3.63, 3.8) is 0 Å². The summed E-state index contributed by atoms with van der Waals surface area (Å²) in [6.07, 6.45) is 0. The molecular weight excluding hydrogens is 301 g/mol. The van der Waals surface area contributed by atoms with Crippen molar-refractivity contribution in [2.45, 2.75) is 13.0 Å². The topological polar surface area (TPSA) is 43.8 Å². The highest BCUT2D eigenvalue weighted by Crippen LogP contribution is 2.35. The molecule has 0 saturated carbocycles. The molecule has 0 aliphatic carbocycles. The molecule has 2 aromatic heterocycles. The SMILES string of the molecule is CC(c1ccc(Cl)s1)n1c(N)nc2cccc(Cl)c21. The molecule has 0 fully saturated rings. The Bertz CT molecular complexity index is 748. The molecule has 6 heteroatoms.